The molecule has 3 rings (SSSR count). The highest BCUT2D eigenvalue weighted by Gasteiger charge is 2.10. The van der Waals surface area contributed by atoms with E-state index in [0.717, 1.165) is 15.3 Å². The molecule has 0 aliphatic rings. The van der Waals surface area contributed by atoms with Crippen LogP contribution in [0.4, 0.5) is 0 Å². The summed E-state index contributed by atoms with van der Waals surface area (Å²) in [6.45, 7) is 2.09. The smallest absolute Gasteiger partial charge is 0.0670 e. The van der Waals surface area contributed by atoms with E-state index in [1.807, 2.05) is 12.1 Å². The summed E-state index contributed by atoms with van der Waals surface area (Å²) in [5.74, 6) is 0. The van der Waals surface area contributed by atoms with Crippen LogP contribution in [0.1, 0.15) is 5.56 Å². The third-order valence-electron chi connectivity index (χ3n) is 2.85. The number of aryl methyl sites for hydroxylation is 1. The predicted octanol–water partition coefficient (Wildman–Crippen LogP) is 5.53. The van der Waals surface area contributed by atoms with E-state index in [9.17, 15) is 0 Å². The van der Waals surface area contributed by atoms with Gasteiger partial charge in [-0.3, -0.25) is 0 Å². The van der Waals surface area contributed by atoms with E-state index in [1.165, 1.54) is 15.8 Å². The van der Waals surface area contributed by atoms with Crippen LogP contribution in [0.15, 0.2) is 48.5 Å². The number of thiophene rings is 1. The largest absolute Gasteiger partial charge is 0.134 e. The van der Waals surface area contributed by atoms with E-state index < -0.39 is 0 Å². The molecule has 0 aliphatic heterocycles. The van der Waals surface area contributed by atoms with Crippen molar-refractivity contribution >= 4 is 33.0 Å². The first kappa shape index (κ1) is 10.8. The minimum absolute atomic E-state index is 0.870. The van der Waals surface area contributed by atoms with Gasteiger partial charge in [0.1, 0.15) is 0 Å². The van der Waals surface area contributed by atoms with Crippen molar-refractivity contribution < 1.29 is 0 Å². The highest BCUT2D eigenvalue weighted by atomic mass is 35.5. The van der Waals surface area contributed by atoms with Crippen molar-refractivity contribution in [2.45, 2.75) is 6.92 Å². The van der Waals surface area contributed by atoms with Gasteiger partial charge < -0.3 is 0 Å². The molecule has 0 N–H and O–H groups in total. The molecule has 17 heavy (non-hydrogen) atoms. The van der Waals surface area contributed by atoms with Crippen LogP contribution in [-0.4, -0.2) is 0 Å². The number of hydrogen-bond donors (Lipinski definition) is 0. The van der Waals surface area contributed by atoms with Crippen LogP contribution in [0.2, 0.25) is 5.02 Å². The molecule has 1 heterocycles. The molecule has 0 spiro atoms. The van der Waals surface area contributed by atoms with Crippen molar-refractivity contribution in [1.29, 1.82) is 0 Å². The van der Waals surface area contributed by atoms with Gasteiger partial charge in [-0.2, -0.15) is 0 Å². The zero-order valence-electron chi connectivity index (χ0n) is 9.41. The lowest BCUT2D eigenvalue weighted by molar-refractivity contribution is 1.48. The molecular weight excluding hydrogens is 248 g/mol. The molecule has 0 fully saturated rings. The van der Waals surface area contributed by atoms with Gasteiger partial charge >= 0.3 is 0 Å². The topological polar surface area (TPSA) is 0 Å². The summed E-state index contributed by atoms with van der Waals surface area (Å²) in [6.07, 6.45) is 0. The summed E-state index contributed by atoms with van der Waals surface area (Å²) in [7, 11) is 0. The van der Waals surface area contributed by atoms with Crippen LogP contribution in [0, 0.1) is 6.92 Å². The molecule has 0 nitrogen and oxygen atoms in total. The highest BCUT2D eigenvalue weighted by Crippen LogP contribution is 2.41. The maximum absolute atomic E-state index is 6.44. The zero-order chi connectivity index (χ0) is 11.8. The van der Waals surface area contributed by atoms with Crippen LogP contribution in [0.3, 0.4) is 0 Å². The van der Waals surface area contributed by atoms with E-state index in [4.69, 9.17) is 11.6 Å². The average Bonchev–Trinajstić information content (AvgIpc) is 2.69. The predicted molar refractivity (Wildman–Crippen MR) is 77.0 cm³/mol. The van der Waals surface area contributed by atoms with Crippen molar-refractivity contribution in [3.05, 3.63) is 59.1 Å². The molecule has 3 aromatic rings. The summed E-state index contributed by atoms with van der Waals surface area (Å²) in [5, 5.41) is 2.02. The van der Waals surface area contributed by atoms with Gasteiger partial charge in [0.15, 0.2) is 0 Å². The Balaban J connectivity index is 2.24. The van der Waals surface area contributed by atoms with E-state index in [-0.39, 0.29) is 0 Å². The molecule has 84 valence electrons. The summed E-state index contributed by atoms with van der Waals surface area (Å²) < 4.78 is 1.24. The van der Waals surface area contributed by atoms with Gasteiger partial charge in [0.05, 0.1) is 9.90 Å². The molecule has 2 heteroatoms. The Kier molecular flexibility index (Phi) is 2.65. The molecule has 0 unspecified atom stereocenters. The standard InChI is InChI=1S/C15H11ClS/c1-10-6-8-11(9-7-10)15-14(16)12-4-2-3-5-13(12)17-15/h2-9H,1H3. The second kappa shape index (κ2) is 4.17. The normalized spacial score (nSPS) is 10.9. The van der Waals surface area contributed by atoms with E-state index in [2.05, 4.69) is 43.3 Å². The highest BCUT2D eigenvalue weighted by molar-refractivity contribution is 7.23. The van der Waals surface area contributed by atoms with Crippen LogP contribution >= 0.6 is 22.9 Å². The molecule has 0 saturated heterocycles. The van der Waals surface area contributed by atoms with Gasteiger partial charge in [0, 0.05) is 10.1 Å². The van der Waals surface area contributed by atoms with Gasteiger partial charge in [-0.25, -0.2) is 0 Å². The molecular formula is C15H11ClS. The summed E-state index contributed by atoms with van der Waals surface area (Å²) in [6, 6.07) is 16.8. The maximum atomic E-state index is 6.44. The third kappa shape index (κ3) is 1.86. The molecule has 0 saturated carbocycles. The molecule has 1 aromatic heterocycles. The fraction of sp³-hybridized carbons (Fsp3) is 0.0667. The van der Waals surface area contributed by atoms with Crippen molar-refractivity contribution in [3.8, 4) is 10.4 Å². The lowest BCUT2D eigenvalue weighted by atomic mass is 10.1. The number of benzene rings is 2. The second-order valence-electron chi connectivity index (χ2n) is 4.11. The molecule has 0 amide bonds. The first-order chi connectivity index (χ1) is 8.25. The minimum Gasteiger partial charge on any atom is -0.134 e. The fourth-order valence-electron chi connectivity index (χ4n) is 1.90. The molecule has 2 aromatic carbocycles. The third-order valence-corrected chi connectivity index (χ3v) is 4.57. The minimum atomic E-state index is 0.870. The lowest BCUT2D eigenvalue weighted by Gasteiger charge is -1.99. The van der Waals surface area contributed by atoms with Crippen LogP contribution < -0.4 is 0 Å². The molecule has 0 bridgehead atoms. The maximum Gasteiger partial charge on any atom is 0.0670 e. The number of hydrogen-bond acceptors (Lipinski definition) is 1. The molecule has 0 aliphatic carbocycles. The Hall–Kier alpha value is -1.31. The van der Waals surface area contributed by atoms with Crippen LogP contribution in [0.5, 0.6) is 0 Å². The quantitative estimate of drug-likeness (QED) is 0.538. The van der Waals surface area contributed by atoms with Crippen molar-refractivity contribution in [2.75, 3.05) is 0 Å². The number of fused-ring (bicyclic) bond motifs is 1. The van der Waals surface area contributed by atoms with Gasteiger partial charge in [0.2, 0.25) is 0 Å². The Morgan fingerprint density at radius 2 is 1.65 bits per heavy atom. The zero-order valence-corrected chi connectivity index (χ0v) is 11.0. The number of halogens is 1. The van der Waals surface area contributed by atoms with Crippen LogP contribution in [-0.2, 0) is 0 Å². The summed E-state index contributed by atoms with van der Waals surface area (Å²) in [5.41, 5.74) is 2.47. The van der Waals surface area contributed by atoms with E-state index in [0.29, 0.717) is 0 Å². The van der Waals surface area contributed by atoms with Gasteiger partial charge in [0.25, 0.3) is 0 Å². The summed E-state index contributed by atoms with van der Waals surface area (Å²) in [4.78, 5) is 1.16. The van der Waals surface area contributed by atoms with E-state index in [1.54, 1.807) is 11.3 Å². The van der Waals surface area contributed by atoms with Crippen molar-refractivity contribution in [1.82, 2.24) is 0 Å². The average molecular weight is 259 g/mol. The Morgan fingerprint density at radius 3 is 2.35 bits per heavy atom. The first-order valence-corrected chi connectivity index (χ1v) is 6.69. The molecule has 0 radical (unpaired) electrons. The second-order valence-corrected chi connectivity index (χ2v) is 5.54. The van der Waals surface area contributed by atoms with Gasteiger partial charge in [-0.15, -0.1) is 11.3 Å². The summed E-state index contributed by atoms with van der Waals surface area (Å²) >= 11 is 8.19. The van der Waals surface area contributed by atoms with Gasteiger partial charge in [-0.1, -0.05) is 59.6 Å². The fourth-order valence-corrected chi connectivity index (χ4v) is 3.45. The monoisotopic (exact) mass is 258 g/mol. The van der Waals surface area contributed by atoms with Gasteiger partial charge in [-0.05, 0) is 18.6 Å². The Bertz CT molecular complexity index is 665. The number of rotatable bonds is 1. The lowest BCUT2D eigenvalue weighted by Crippen LogP contribution is -1.74. The van der Waals surface area contributed by atoms with Crippen LogP contribution in [0.25, 0.3) is 20.5 Å². The molecule has 0 atom stereocenters. The Morgan fingerprint density at radius 1 is 0.941 bits per heavy atom. The van der Waals surface area contributed by atoms with E-state index >= 15 is 0 Å². The van der Waals surface area contributed by atoms with Crippen molar-refractivity contribution in [2.24, 2.45) is 0 Å². The Labute approximate surface area is 109 Å². The SMILES string of the molecule is Cc1ccc(-c2sc3ccccc3c2Cl)cc1. The van der Waals surface area contributed by atoms with Crippen molar-refractivity contribution in [3.63, 3.8) is 0 Å². The first-order valence-electron chi connectivity index (χ1n) is 5.50.